The van der Waals surface area contributed by atoms with Crippen molar-refractivity contribution < 1.29 is 17.9 Å². The average molecular weight is 374 g/mol. The minimum Gasteiger partial charge on any atom is -0.469 e. The normalized spacial score (nSPS) is 11.1. The Hall–Kier alpha value is -1.76. The third-order valence-corrected chi connectivity index (χ3v) is 5.13. The van der Waals surface area contributed by atoms with Gasteiger partial charge < -0.3 is 4.74 Å². The second-order valence-electron chi connectivity index (χ2n) is 4.59. The van der Waals surface area contributed by atoms with E-state index >= 15 is 0 Å². The van der Waals surface area contributed by atoms with Crippen molar-refractivity contribution in [1.29, 1.82) is 0 Å². The lowest BCUT2D eigenvalue weighted by Crippen LogP contribution is -2.15. The lowest BCUT2D eigenvalue weighted by Gasteiger charge is -2.12. The number of carbonyl (C=O) groups is 1. The summed E-state index contributed by atoms with van der Waals surface area (Å²) in [7, 11) is -2.59. The molecule has 8 heteroatoms. The Morgan fingerprint density at radius 1 is 1.13 bits per heavy atom. The Labute approximate surface area is 144 Å². The van der Waals surface area contributed by atoms with Crippen molar-refractivity contribution in [1.82, 2.24) is 0 Å². The summed E-state index contributed by atoms with van der Waals surface area (Å²) in [6.07, 6.45) is -0.0451. The number of para-hydroxylation sites is 1. The number of hydrogen-bond acceptors (Lipinski definition) is 4. The maximum Gasteiger partial charge on any atom is 0.310 e. The highest BCUT2D eigenvalue weighted by molar-refractivity contribution is 7.92. The smallest absolute Gasteiger partial charge is 0.310 e. The van der Waals surface area contributed by atoms with Crippen LogP contribution in [0.15, 0.2) is 47.4 Å². The van der Waals surface area contributed by atoms with Gasteiger partial charge >= 0.3 is 5.97 Å². The van der Waals surface area contributed by atoms with E-state index in [-0.39, 0.29) is 21.4 Å². The van der Waals surface area contributed by atoms with Crippen molar-refractivity contribution in [3.63, 3.8) is 0 Å². The summed E-state index contributed by atoms with van der Waals surface area (Å²) in [5, 5.41) is 0.397. The van der Waals surface area contributed by atoms with Gasteiger partial charge in [0.05, 0.1) is 34.2 Å². The molecule has 0 amide bonds. The van der Waals surface area contributed by atoms with E-state index in [1.54, 1.807) is 24.3 Å². The van der Waals surface area contributed by atoms with Gasteiger partial charge in [0, 0.05) is 0 Å². The number of sulfonamides is 1. The van der Waals surface area contributed by atoms with E-state index in [0.717, 1.165) is 0 Å². The third-order valence-electron chi connectivity index (χ3n) is 3.03. The largest absolute Gasteiger partial charge is 0.469 e. The molecule has 0 aliphatic heterocycles. The molecule has 0 atom stereocenters. The third kappa shape index (κ3) is 4.37. The van der Waals surface area contributed by atoms with Crippen LogP contribution >= 0.6 is 23.2 Å². The molecule has 0 saturated carbocycles. The summed E-state index contributed by atoms with van der Waals surface area (Å²) in [4.78, 5) is 11.4. The van der Waals surface area contributed by atoms with Crippen molar-refractivity contribution >= 4 is 44.9 Å². The van der Waals surface area contributed by atoms with Gasteiger partial charge in [-0.05, 0) is 29.8 Å². The first kappa shape index (κ1) is 17.6. The van der Waals surface area contributed by atoms with Gasteiger partial charge in [-0.3, -0.25) is 9.52 Å². The van der Waals surface area contributed by atoms with Gasteiger partial charge in [0.15, 0.2) is 0 Å². The molecule has 0 saturated heterocycles. The Morgan fingerprint density at radius 2 is 1.83 bits per heavy atom. The first-order chi connectivity index (χ1) is 10.8. The molecule has 0 aliphatic carbocycles. The second kappa shape index (κ2) is 7.21. The van der Waals surface area contributed by atoms with Crippen LogP contribution in [-0.4, -0.2) is 21.5 Å². The van der Waals surface area contributed by atoms with E-state index in [2.05, 4.69) is 9.46 Å². The number of anilines is 1. The molecule has 122 valence electrons. The molecule has 0 radical (unpaired) electrons. The van der Waals surface area contributed by atoms with Crippen LogP contribution in [0.2, 0.25) is 10.0 Å². The van der Waals surface area contributed by atoms with Crippen molar-refractivity contribution in [3.05, 3.63) is 58.1 Å². The Balaban J connectivity index is 2.34. The summed E-state index contributed by atoms with van der Waals surface area (Å²) in [6, 6.07) is 10.6. The molecular weight excluding hydrogens is 361 g/mol. The number of rotatable bonds is 5. The molecule has 1 N–H and O–H groups in total. The molecule has 2 rings (SSSR count). The van der Waals surface area contributed by atoms with Crippen LogP contribution in [0.3, 0.4) is 0 Å². The first-order valence-corrected chi connectivity index (χ1v) is 8.70. The van der Waals surface area contributed by atoms with E-state index in [1.807, 2.05) is 0 Å². The molecule has 0 heterocycles. The fourth-order valence-electron chi connectivity index (χ4n) is 1.85. The molecule has 0 spiro atoms. The van der Waals surface area contributed by atoms with Gasteiger partial charge in [0.25, 0.3) is 10.0 Å². The predicted molar refractivity (Wildman–Crippen MR) is 89.4 cm³/mol. The van der Waals surface area contributed by atoms with Gasteiger partial charge in [0.1, 0.15) is 0 Å². The molecule has 2 aromatic rings. The van der Waals surface area contributed by atoms with Crippen LogP contribution in [0.1, 0.15) is 5.56 Å². The van der Waals surface area contributed by atoms with Gasteiger partial charge in [-0.15, -0.1) is 0 Å². The Morgan fingerprint density at radius 3 is 2.48 bits per heavy atom. The van der Waals surface area contributed by atoms with Crippen LogP contribution in [0.25, 0.3) is 0 Å². The molecule has 0 fully saturated rings. The Bertz CT molecular complexity index is 837. The van der Waals surface area contributed by atoms with E-state index in [1.165, 1.54) is 25.3 Å². The first-order valence-electron chi connectivity index (χ1n) is 6.46. The van der Waals surface area contributed by atoms with Gasteiger partial charge in [-0.25, -0.2) is 8.42 Å². The number of hydrogen-bond donors (Lipinski definition) is 1. The maximum atomic E-state index is 12.4. The minimum atomic E-state index is -3.86. The van der Waals surface area contributed by atoms with Crippen LogP contribution in [0.4, 0.5) is 5.69 Å². The van der Waals surface area contributed by atoms with Crippen LogP contribution in [0.5, 0.6) is 0 Å². The molecule has 5 nitrogen and oxygen atoms in total. The lowest BCUT2D eigenvalue weighted by atomic mass is 10.1. The van der Waals surface area contributed by atoms with Crippen molar-refractivity contribution in [2.45, 2.75) is 11.3 Å². The number of esters is 1. The topological polar surface area (TPSA) is 72.5 Å². The minimum absolute atomic E-state index is 0.0280. The van der Waals surface area contributed by atoms with Crippen LogP contribution in [0, 0.1) is 0 Å². The number of benzene rings is 2. The molecule has 0 bridgehead atoms. The van der Waals surface area contributed by atoms with E-state index in [4.69, 9.17) is 23.2 Å². The number of halogens is 2. The Kier molecular flexibility index (Phi) is 5.51. The molecule has 2 aromatic carbocycles. The zero-order chi connectivity index (χ0) is 17.0. The van der Waals surface area contributed by atoms with Gasteiger partial charge in [-0.2, -0.15) is 0 Å². The highest BCUT2D eigenvalue weighted by Crippen LogP contribution is 2.27. The highest BCUT2D eigenvalue weighted by Gasteiger charge is 2.18. The van der Waals surface area contributed by atoms with Gasteiger partial charge in [-0.1, -0.05) is 41.4 Å². The molecular formula is C15H13Cl2NO4S. The standard InChI is InChI=1S/C15H13Cl2NO4S/c1-22-15(19)8-10-4-2-3-5-14(10)18-23(20,21)11-6-7-12(16)13(17)9-11/h2-7,9,18H,8H2,1H3. The van der Waals surface area contributed by atoms with Crippen molar-refractivity contribution in [2.75, 3.05) is 11.8 Å². The monoisotopic (exact) mass is 373 g/mol. The fourth-order valence-corrected chi connectivity index (χ4v) is 3.34. The predicted octanol–water partition coefficient (Wildman–Crippen LogP) is 3.51. The zero-order valence-electron chi connectivity index (χ0n) is 12.0. The number of carbonyl (C=O) groups excluding carboxylic acids is 1. The number of ether oxygens (including phenoxy) is 1. The lowest BCUT2D eigenvalue weighted by molar-refractivity contribution is -0.139. The molecule has 0 aliphatic rings. The van der Waals surface area contributed by atoms with E-state index in [9.17, 15) is 13.2 Å². The average Bonchev–Trinajstić information content (AvgIpc) is 2.51. The van der Waals surface area contributed by atoms with Gasteiger partial charge in [0.2, 0.25) is 0 Å². The van der Waals surface area contributed by atoms with Crippen LogP contribution < -0.4 is 4.72 Å². The summed E-state index contributed by atoms with van der Waals surface area (Å²) in [5.74, 6) is -0.466. The van der Waals surface area contributed by atoms with Crippen LogP contribution in [-0.2, 0) is 26.0 Å². The summed E-state index contributed by atoms with van der Waals surface area (Å²) in [5.41, 5.74) is 0.798. The summed E-state index contributed by atoms with van der Waals surface area (Å²) < 4.78 is 31.9. The van der Waals surface area contributed by atoms with E-state index < -0.39 is 16.0 Å². The van der Waals surface area contributed by atoms with Crippen molar-refractivity contribution in [3.8, 4) is 0 Å². The second-order valence-corrected chi connectivity index (χ2v) is 7.09. The van der Waals surface area contributed by atoms with E-state index in [0.29, 0.717) is 11.3 Å². The number of methoxy groups -OCH3 is 1. The quantitative estimate of drug-likeness (QED) is 0.813. The number of nitrogens with one attached hydrogen (secondary N) is 1. The van der Waals surface area contributed by atoms with Crippen molar-refractivity contribution in [2.24, 2.45) is 0 Å². The SMILES string of the molecule is COC(=O)Cc1ccccc1NS(=O)(=O)c1ccc(Cl)c(Cl)c1. The molecule has 0 aromatic heterocycles. The maximum absolute atomic E-state index is 12.4. The zero-order valence-corrected chi connectivity index (χ0v) is 14.4. The summed E-state index contributed by atoms with van der Waals surface area (Å²) >= 11 is 11.6. The molecule has 0 unspecified atom stereocenters. The highest BCUT2D eigenvalue weighted by atomic mass is 35.5. The molecule has 23 heavy (non-hydrogen) atoms. The summed E-state index contributed by atoms with van der Waals surface area (Å²) in [6.45, 7) is 0. The fraction of sp³-hybridized carbons (Fsp3) is 0.133.